The van der Waals surface area contributed by atoms with Crippen molar-refractivity contribution < 1.29 is 14.1 Å². The highest BCUT2D eigenvalue weighted by Gasteiger charge is 2.37. The van der Waals surface area contributed by atoms with Crippen LogP contribution in [0.5, 0.6) is 5.75 Å². The van der Waals surface area contributed by atoms with Crippen molar-refractivity contribution in [1.29, 1.82) is 0 Å². The molecule has 7 nitrogen and oxygen atoms in total. The second kappa shape index (κ2) is 7.19. The van der Waals surface area contributed by atoms with Crippen molar-refractivity contribution in [2.75, 3.05) is 20.2 Å². The molecule has 27 heavy (non-hydrogen) atoms. The number of pyridine rings is 1. The summed E-state index contributed by atoms with van der Waals surface area (Å²) >= 11 is 0. The zero-order valence-corrected chi connectivity index (χ0v) is 15.2. The third kappa shape index (κ3) is 3.28. The minimum Gasteiger partial charge on any atom is -0.496 e. The molecule has 3 heterocycles. The predicted octanol–water partition coefficient (Wildman–Crippen LogP) is 3.02. The number of hydrogen-bond donors (Lipinski definition) is 0. The number of likely N-dealkylation sites (tertiary alicyclic amines) is 1. The second-order valence-electron chi connectivity index (χ2n) is 6.69. The molecule has 0 saturated carbocycles. The van der Waals surface area contributed by atoms with Crippen LogP contribution < -0.4 is 4.74 Å². The van der Waals surface area contributed by atoms with Gasteiger partial charge in [0, 0.05) is 31.0 Å². The molecule has 1 aromatic carbocycles. The standard InChI is InChI=1S/C20H20N4O3/c1-13-11-24(20(25)15-5-3-4-6-17(15)26-2)12-16(13)19-22-18(23-27-19)14-7-9-21-10-8-14/h3-10,13,16H,11-12H2,1-2H3. The van der Waals surface area contributed by atoms with Crippen molar-refractivity contribution in [1.82, 2.24) is 20.0 Å². The Morgan fingerprint density at radius 3 is 2.74 bits per heavy atom. The van der Waals surface area contributed by atoms with E-state index in [1.165, 1.54) is 0 Å². The Hall–Kier alpha value is -3.22. The number of carbonyl (C=O) groups is 1. The highest BCUT2D eigenvalue weighted by atomic mass is 16.5. The first-order valence-corrected chi connectivity index (χ1v) is 8.83. The van der Waals surface area contributed by atoms with Gasteiger partial charge in [-0.2, -0.15) is 4.98 Å². The Morgan fingerprint density at radius 1 is 1.19 bits per heavy atom. The SMILES string of the molecule is COc1ccccc1C(=O)N1CC(C)C(c2nc(-c3ccncc3)no2)C1. The first kappa shape index (κ1) is 17.2. The summed E-state index contributed by atoms with van der Waals surface area (Å²) in [4.78, 5) is 23.3. The summed E-state index contributed by atoms with van der Waals surface area (Å²) in [6.45, 7) is 3.26. The maximum Gasteiger partial charge on any atom is 0.257 e. The number of nitrogens with zero attached hydrogens (tertiary/aromatic N) is 4. The number of para-hydroxylation sites is 1. The molecule has 138 valence electrons. The molecule has 0 bridgehead atoms. The van der Waals surface area contributed by atoms with Crippen molar-refractivity contribution in [2.24, 2.45) is 5.92 Å². The number of carbonyl (C=O) groups excluding carboxylic acids is 1. The summed E-state index contributed by atoms with van der Waals surface area (Å²) in [5.41, 5.74) is 1.42. The van der Waals surface area contributed by atoms with Gasteiger partial charge in [0.25, 0.3) is 5.91 Å². The molecule has 2 atom stereocenters. The van der Waals surface area contributed by atoms with Crippen LogP contribution in [-0.4, -0.2) is 46.1 Å². The van der Waals surface area contributed by atoms with E-state index >= 15 is 0 Å². The van der Waals surface area contributed by atoms with E-state index in [4.69, 9.17) is 9.26 Å². The number of methoxy groups -OCH3 is 1. The van der Waals surface area contributed by atoms with Gasteiger partial charge in [-0.05, 0) is 30.2 Å². The molecule has 1 aliphatic heterocycles. The second-order valence-corrected chi connectivity index (χ2v) is 6.69. The number of hydrogen-bond acceptors (Lipinski definition) is 6. The maximum absolute atomic E-state index is 12.9. The van der Waals surface area contributed by atoms with Crippen LogP contribution >= 0.6 is 0 Å². The van der Waals surface area contributed by atoms with Gasteiger partial charge in [0.05, 0.1) is 18.6 Å². The Morgan fingerprint density at radius 2 is 1.96 bits per heavy atom. The average Bonchev–Trinajstić information content (AvgIpc) is 3.35. The Bertz CT molecular complexity index is 941. The lowest BCUT2D eigenvalue weighted by Crippen LogP contribution is -2.29. The smallest absolute Gasteiger partial charge is 0.257 e. The van der Waals surface area contributed by atoms with E-state index in [0.29, 0.717) is 36.1 Å². The fourth-order valence-corrected chi connectivity index (χ4v) is 3.45. The molecule has 1 amide bonds. The largest absolute Gasteiger partial charge is 0.496 e. The van der Waals surface area contributed by atoms with Crippen LogP contribution in [0, 0.1) is 5.92 Å². The molecule has 2 aromatic heterocycles. The molecule has 0 spiro atoms. The molecule has 0 aliphatic carbocycles. The van der Waals surface area contributed by atoms with Crippen LogP contribution in [0.1, 0.15) is 29.1 Å². The number of benzene rings is 1. The molecular weight excluding hydrogens is 344 g/mol. The van der Waals surface area contributed by atoms with E-state index in [2.05, 4.69) is 22.0 Å². The quantitative estimate of drug-likeness (QED) is 0.708. The van der Waals surface area contributed by atoms with Crippen LogP contribution in [0.2, 0.25) is 0 Å². The van der Waals surface area contributed by atoms with Gasteiger partial charge >= 0.3 is 0 Å². The fraction of sp³-hybridized carbons (Fsp3) is 0.300. The van der Waals surface area contributed by atoms with E-state index in [0.717, 1.165) is 5.56 Å². The van der Waals surface area contributed by atoms with E-state index in [9.17, 15) is 4.79 Å². The minimum atomic E-state index is -0.0457. The van der Waals surface area contributed by atoms with Gasteiger partial charge in [-0.1, -0.05) is 24.2 Å². The lowest BCUT2D eigenvalue weighted by Gasteiger charge is -2.17. The van der Waals surface area contributed by atoms with Crippen molar-refractivity contribution in [2.45, 2.75) is 12.8 Å². The average molecular weight is 364 g/mol. The summed E-state index contributed by atoms with van der Waals surface area (Å²) < 4.78 is 10.8. The van der Waals surface area contributed by atoms with E-state index in [1.54, 1.807) is 31.6 Å². The Balaban J connectivity index is 1.54. The van der Waals surface area contributed by atoms with Crippen LogP contribution in [-0.2, 0) is 0 Å². The summed E-state index contributed by atoms with van der Waals surface area (Å²) in [7, 11) is 1.57. The van der Waals surface area contributed by atoms with Gasteiger partial charge in [0.2, 0.25) is 11.7 Å². The zero-order chi connectivity index (χ0) is 18.8. The summed E-state index contributed by atoms with van der Waals surface area (Å²) in [6, 6.07) is 10.9. The van der Waals surface area contributed by atoms with E-state index < -0.39 is 0 Å². The number of aromatic nitrogens is 3. The Kier molecular flexibility index (Phi) is 4.58. The molecule has 0 N–H and O–H groups in total. The topological polar surface area (TPSA) is 81.4 Å². The number of amides is 1. The number of ether oxygens (including phenoxy) is 1. The van der Waals surface area contributed by atoms with Crippen molar-refractivity contribution in [3.63, 3.8) is 0 Å². The molecule has 2 unspecified atom stereocenters. The summed E-state index contributed by atoms with van der Waals surface area (Å²) in [5, 5.41) is 4.08. The third-order valence-corrected chi connectivity index (χ3v) is 4.93. The first-order valence-electron chi connectivity index (χ1n) is 8.83. The van der Waals surface area contributed by atoms with Crippen LogP contribution in [0.3, 0.4) is 0 Å². The first-order chi connectivity index (χ1) is 13.2. The zero-order valence-electron chi connectivity index (χ0n) is 15.2. The highest BCUT2D eigenvalue weighted by Crippen LogP contribution is 2.34. The molecule has 0 radical (unpaired) electrons. The third-order valence-electron chi connectivity index (χ3n) is 4.93. The van der Waals surface area contributed by atoms with E-state index in [1.807, 2.05) is 29.2 Å². The lowest BCUT2D eigenvalue weighted by atomic mass is 9.98. The summed E-state index contributed by atoms with van der Waals surface area (Å²) in [6.07, 6.45) is 3.38. The Labute approximate surface area is 157 Å². The summed E-state index contributed by atoms with van der Waals surface area (Å²) in [5.74, 6) is 1.85. The van der Waals surface area contributed by atoms with Gasteiger partial charge in [-0.15, -0.1) is 0 Å². The normalized spacial score (nSPS) is 19.3. The van der Waals surface area contributed by atoms with Crippen LogP contribution in [0.25, 0.3) is 11.4 Å². The van der Waals surface area contributed by atoms with Gasteiger partial charge in [0.1, 0.15) is 5.75 Å². The molecule has 1 aliphatic rings. The lowest BCUT2D eigenvalue weighted by molar-refractivity contribution is 0.0782. The van der Waals surface area contributed by atoms with Crippen molar-refractivity contribution in [3.8, 4) is 17.1 Å². The molecular formula is C20H20N4O3. The van der Waals surface area contributed by atoms with Crippen molar-refractivity contribution in [3.05, 3.63) is 60.2 Å². The van der Waals surface area contributed by atoms with Crippen LogP contribution in [0.4, 0.5) is 0 Å². The predicted molar refractivity (Wildman–Crippen MR) is 98.3 cm³/mol. The molecule has 4 rings (SSSR count). The molecule has 7 heteroatoms. The minimum absolute atomic E-state index is 0.00624. The van der Waals surface area contributed by atoms with Gasteiger partial charge in [-0.25, -0.2) is 0 Å². The van der Waals surface area contributed by atoms with Crippen LogP contribution in [0.15, 0.2) is 53.3 Å². The van der Waals surface area contributed by atoms with Gasteiger partial charge < -0.3 is 14.2 Å². The molecule has 1 fully saturated rings. The van der Waals surface area contributed by atoms with Gasteiger partial charge in [0.15, 0.2) is 0 Å². The highest BCUT2D eigenvalue weighted by molar-refractivity contribution is 5.97. The molecule has 1 saturated heterocycles. The van der Waals surface area contributed by atoms with Gasteiger partial charge in [-0.3, -0.25) is 9.78 Å². The van der Waals surface area contributed by atoms with Crippen molar-refractivity contribution >= 4 is 5.91 Å². The monoisotopic (exact) mass is 364 g/mol. The molecule has 3 aromatic rings. The van der Waals surface area contributed by atoms with E-state index in [-0.39, 0.29) is 17.7 Å². The number of rotatable bonds is 4. The maximum atomic E-state index is 12.9. The fourth-order valence-electron chi connectivity index (χ4n) is 3.45.